The number of hydrogen-bond acceptors (Lipinski definition) is 4. The smallest absolute Gasteiger partial charge is 0.254 e. The van der Waals surface area contributed by atoms with Crippen LogP contribution in [-0.4, -0.2) is 68.1 Å². The third-order valence-corrected chi connectivity index (χ3v) is 7.37. The Morgan fingerprint density at radius 3 is 1.90 bits per heavy atom. The first-order chi connectivity index (χ1) is 14.7. The fourth-order valence-corrected chi connectivity index (χ4v) is 5.11. The molecule has 166 valence electrons. The van der Waals surface area contributed by atoms with Gasteiger partial charge in [0.25, 0.3) is 11.8 Å². The van der Waals surface area contributed by atoms with Gasteiger partial charge in [-0.1, -0.05) is 12.1 Å². The molecule has 1 aliphatic heterocycles. The molecule has 0 radical (unpaired) electrons. The third-order valence-electron chi connectivity index (χ3n) is 5.45. The van der Waals surface area contributed by atoms with Gasteiger partial charge < -0.3 is 9.80 Å². The SMILES string of the molecule is CCN(Cc1ccc(C(=O)N(C)C)cc1)C(=O)c1ccc(S(=O)(=O)N2CCCC2)cc1. The molecular weight excluding hydrogens is 414 g/mol. The summed E-state index contributed by atoms with van der Waals surface area (Å²) in [6.07, 6.45) is 1.76. The second-order valence-electron chi connectivity index (χ2n) is 7.85. The number of hydrogen-bond donors (Lipinski definition) is 0. The topological polar surface area (TPSA) is 78.0 Å². The van der Waals surface area contributed by atoms with Crippen LogP contribution in [0.25, 0.3) is 0 Å². The quantitative estimate of drug-likeness (QED) is 0.659. The molecule has 2 aromatic rings. The Morgan fingerprint density at radius 2 is 1.39 bits per heavy atom. The third kappa shape index (κ3) is 5.14. The van der Waals surface area contributed by atoms with E-state index in [0.717, 1.165) is 18.4 Å². The summed E-state index contributed by atoms with van der Waals surface area (Å²) >= 11 is 0. The molecule has 2 amide bonds. The fraction of sp³-hybridized carbons (Fsp3) is 0.391. The number of benzene rings is 2. The Bertz CT molecular complexity index is 1030. The Balaban J connectivity index is 1.71. The van der Waals surface area contributed by atoms with Crippen molar-refractivity contribution >= 4 is 21.8 Å². The van der Waals surface area contributed by atoms with E-state index in [2.05, 4.69) is 0 Å². The van der Waals surface area contributed by atoms with Crippen LogP contribution in [-0.2, 0) is 16.6 Å². The van der Waals surface area contributed by atoms with Crippen molar-refractivity contribution in [1.82, 2.24) is 14.1 Å². The maximum Gasteiger partial charge on any atom is 0.254 e. The molecule has 3 rings (SSSR count). The molecule has 0 atom stereocenters. The van der Waals surface area contributed by atoms with E-state index >= 15 is 0 Å². The van der Waals surface area contributed by atoms with E-state index in [-0.39, 0.29) is 16.7 Å². The van der Waals surface area contributed by atoms with Crippen molar-refractivity contribution in [2.45, 2.75) is 31.2 Å². The summed E-state index contributed by atoms with van der Waals surface area (Å²) in [4.78, 5) is 28.4. The minimum absolute atomic E-state index is 0.0704. The molecule has 0 aromatic heterocycles. The molecule has 31 heavy (non-hydrogen) atoms. The number of carbonyl (C=O) groups excluding carboxylic acids is 2. The van der Waals surface area contributed by atoms with Crippen molar-refractivity contribution in [2.24, 2.45) is 0 Å². The van der Waals surface area contributed by atoms with Gasteiger partial charge >= 0.3 is 0 Å². The first-order valence-corrected chi connectivity index (χ1v) is 11.9. The molecular formula is C23H29N3O4S. The number of carbonyl (C=O) groups is 2. The van der Waals surface area contributed by atoms with Crippen molar-refractivity contribution in [3.63, 3.8) is 0 Å². The van der Waals surface area contributed by atoms with E-state index in [9.17, 15) is 18.0 Å². The summed E-state index contributed by atoms with van der Waals surface area (Å²) in [7, 11) is -0.0879. The number of amides is 2. The summed E-state index contributed by atoms with van der Waals surface area (Å²) in [6.45, 7) is 3.90. The van der Waals surface area contributed by atoms with E-state index in [1.54, 1.807) is 43.3 Å². The molecule has 0 aliphatic carbocycles. The molecule has 1 fully saturated rings. The minimum atomic E-state index is -3.50. The van der Waals surface area contributed by atoms with Gasteiger partial charge in [-0.15, -0.1) is 0 Å². The lowest BCUT2D eigenvalue weighted by molar-refractivity contribution is 0.0751. The van der Waals surface area contributed by atoms with Gasteiger partial charge in [-0.25, -0.2) is 8.42 Å². The normalized spacial score (nSPS) is 14.4. The van der Waals surface area contributed by atoms with E-state index in [0.29, 0.717) is 37.3 Å². The first-order valence-electron chi connectivity index (χ1n) is 10.4. The number of sulfonamides is 1. The van der Waals surface area contributed by atoms with Crippen molar-refractivity contribution in [1.29, 1.82) is 0 Å². The van der Waals surface area contributed by atoms with E-state index in [4.69, 9.17) is 0 Å². The zero-order valence-corrected chi connectivity index (χ0v) is 19.1. The van der Waals surface area contributed by atoms with Crippen LogP contribution in [0.4, 0.5) is 0 Å². The van der Waals surface area contributed by atoms with Gasteiger partial charge in [0.05, 0.1) is 4.90 Å². The number of rotatable bonds is 7. The van der Waals surface area contributed by atoms with Crippen molar-refractivity contribution in [2.75, 3.05) is 33.7 Å². The van der Waals surface area contributed by atoms with Crippen molar-refractivity contribution in [3.8, 4) is 0 Å². The highest BCUT2D eigenvalue weighted by atomic mass is 32.2. The highest BCUT2D eigenvalue weighted by Crippen LogP contribution is 2.21. The average Bonchev–Trinajstić information content (AvgIpc) is 3.33. The largest absolute Gasteiger partial charge is 0.345 e. The van der Waals surface area contributed by atoms with Crippen LogP contribution in [0.5, 0.6) is 0 Å². The van der Waals surface area contributed by atoms with E-state index < -0.39 is 10.0 Å². The van der Waals surface area contributed by atoms with Crippen LogP contribution in [0.2, 0.25) is 0 Å². The molecule has 0 spiro atoms. The van der Waals surface area contributed by atoms with Crippen LogP contribution in [0, 0.1) is 0 Å². The predicted molar refractivity (Wildman–Crippen MR) is 119 cm³/mol. The second kappa shape index (κ2) is 9.62. The van der Waals surface area contributed by atoms with E-state index in [1.165, 1.54) is 21.3 Å². The van der Waals surface area contributed by atoms with Crippen molar-refractivity contribution < 1.29 is 18.0 Å². The van der Waals surface area contributed by atoms with Gasteiger partial charge in [-0.05, 0) is 61.7 Å². The molecule has 0 bridgehead atoms. The predicted octanol–water partition coefficient (Wildman–Crippen LogP) is 2.84. The van der Waals surface area contributed by atoms with Gasteiger partial charge in [-0.3, -0.25) is 9.59 Å². The molecule has 1 heterocycles. The van der Waals surface area contributed by atoms with Gasteiger partial charge in [0.15, 0.2) is 0 Å². The Morgan fingerprint density at radius 1 is 0.871 bits per heavy atom. The van der Waals surface area contributed by atoms with Crippen LogP contribution in [0.15, 0.2) is 53.4 Å². The summed E-state index contributed by atoms with van der Waals surface area (Å²) < 4.78 is 26.8. The molecule has 1 aliphatic rings. The highest BCUT2D eigenvalue weighted by Gasteiger charge is 2.27. The molecule has 0 unspecified atom stereocenters. The molecule has 8 heteroatoms. The molecule has 0 saturated carbocycles. The average molecular weight is 444 g/mol. The molecule has 1 saturated heterocycles. The summed E-state index contributed by atoms with van der Waals surface area (Å²) in [5, 5.41) is 0. The Kier molecular flexibility index (Phi) is 7.12. The lowest BCUT2D eigenvalue weighted by Crippen LogP contribution is -2.30. The van der Waals surface area contributed by atoms with Gasteiger partial charge in [-0.2, -0.15) is 4.31 Å². The van der Waals surface area contributed by atoms with Crippen LogP contribution >= 0.6 is 0 Å². The molecule has 7 nitrogen and oxygen atoms in total. The van der Waals surface area contributed by atoms with Crippen LogP contribution in [0.3, 0.4) is 0 Å². The molecule has 0 N–H and O–H groups in total. The Hall–Kier alpha value is -2.71. The number of nitrogens with zero attached hydrogens (tertiary/aromatic N) is 3. The van der Waals surface area contributed by atoms with Gasteiger partial charge in [0, 0.05) is 51.4 Å². The lowest BCUT2D eigenvalue weighted by Gasteiger charge is -2.22. The highest BCUT2D eigenvalue weighted by molar-refractivity contribution is 7.89. The zero-order chi connectivity index (χ0) is 22.6. The summed E-state index contributed by atoms with van der Waals surface area (Å²) in [5.74, 6) is -0.236. The Labute approximate surface area is 184 Å². The minimum Gasteiger partial charge on any atom is -0.345 e. The maximum atomic E-state index is 13.0. The first kappa shape index (κ1) is 23.0. The van der Waals surface area contributed by atoms with Crippen LogP contribution < -0.4 is 0 Å². The second-order valence-corrected chi connectivity index (χ2v) is 9.79. The molecule has 2 aromatic carbocycles. The van der Waals surface area contributed by atoms with E-state index in [1.807, 2.05) is 19.1 Å². The van der Waals surface area contributed by atoms with Crippen LogP contribution in [0.1, 0.15) is 46.0 Å². The van der Waals surface area contributed by atoms with Crippen molar-refractivity contribution in [3.05, 3.63) is 65.2 Å². The van der Waals surface area contributed by atoms with Gasteiger partial charge in [0.1, 0.15) is 0 Å². The maximum absolute atomic E-state index is 13.0. The summed E-state index contributed by atoms with van der Waals surface area (Å²) in [5.41, 5.74) is 1.96. The lowest BCUT2D eigenvalue weighted by atomic mass is 10.1. The summed E-state index contributed by atoms with van der Waals surface area (Å²) in [6, 6.07) is 13.4. The fourth-order valence-electron chi connectivity index (χ4n) is 3.59. The zero-order valence-electron chi connectivity index (χ0n) is 18.2. The monoisotopic (exact) mass is 443 g/mol. The van der Waals surface area contributed by atoms with Gasteiger partial charge in [0.2, 0.25) is 10.0 Å². The standard InChI is InChI=1S/C23H29N3O4S/c1-4-25(17-18-7-9-19(10-8-18)22(27)24(2)3)23(28)20-11-13-21(14-12-20)31(29,30)26-15-5-6-16-26/h7-14H,4-6,15-17H2,1-3H3.